The molecule has 0 aliphatic carbocycles. The van der Waals surface area contributed by atoms with Gasteiger partial charge >= 0.3 is 22.4 Å². The molecular formula is C7H6AuN2S+. The van der Waals surface area contributed by atoms with E-state index in [1.54, 1.807) is 10.3 Å². The summed E-state index contributed by atoms with van der Waals surface area (Å²) in [5, 5.41) is 0. The molecule has 0 amide bonds. The third-order valence-corrected chi connectivity index (χ3v) is 1.75. The largest absolute Gasteiger partial charge is 1.00 e. The number of hydrogen-bond donors (Lipinski definition) is 1. The normalized spacial score (nSPS) is 9.55. The molecule has 1 aromatic carbocycles. The first-order chi connectivity index (χ1) is 4.88. The third-order valence-electron chi connectivity index (χ3n) is 1.43. The van der Waals surface area contributed by atoms with Gasteiger partial charge in [0.05, 0.1) is 11.0 Å². The van der Waals surface area contributed by atoms with Crippen molar-refractivity contribution in [3.05, 3.63) is 30.6 Å². The topological polar surface area (TPSA) is 17.8 Å². The number of nitrogens with zero attached hydrogens (tertiary/aromatic N) is 2. The van der Waals surface area contributed by atoms with E-state index < -0.39 is 0 Å². The number of aromatic nitrogens is 2. The second-order valence-electron chi connectivity index (χ2n) is 2.08. The van der Waals surface area contributed by atoms with Gasteiger partial charge in [0, 0.05) is 0 Å². The fourth-order valence-electron chi connectivity index (χ4n) is 0.946. The minimum Gasteiger partial charge on any atom is -0.275 e. The molecule has 2 rings (SSSR count). The van der Waals surface area contributed by atoms with Crippen LogP contribution in [-0.4, -0.2) is 8.96 Å². The van der Waals surface area contributed by atoms with Crippen LogP contribution in [0.1, 0.15) is 0 Å². The summed E-state index contributed by atoms with van der Waals surface area (Å²) in [4.78, 5) is 4.10. The van der Waals surface area contributed by atoms with E-state index in [1.807, 2.05) is 24.3 Å². The average Bonchev–Trinajstić information content (AvgIpc) is 2.34. The Morgan fingerprint density at radius 3 is 2.73 bits per heavy atom. The summed E-state index contributed by atoms with van der Waals surface area (Å²) < 4.78 is 1.70. The van der Waals surface area contributed by atoms with Crippen molar-refractivity contribution in [1.29, 1.82) is 0 Å². The molecule has 1 heterocycles. The van der Waals surface area contributed by atoms with Crippen molar-refractivity contribution in [2.24, 2.45) is 0 Å². The van der Waals surface area contributed by atoms with Crippen molar-refractivity contribution in [3.8, 4) is 0 Å². The van der Waals surface area contributed by atoms with E-state index in [1.165, 1.54) is 0 Å². The zero-order chi connectivity index (χ0) is 6.97. The molecular weight excluding hydrogens is 341 g/mol. The second-order valence-corrected chi connectivity index (χ2v) is 2.51. The summed E-state index contributed by atoms with van der Waals surface area (Å²) in [6, 6.07) is 7.87. The Morgan fingerprint density at radius 2 is 2.00 bits per heavy atom. The zero-order valence-corrected chi connectivity index (χ0v) is 8.59. The zero-order valence-electron chi connectivity index (χ0n) is 5.53. The SMILES string of the molecule is Sn1cnc2ccccc21.[Au+]. The van der Waals surface area contributed by atoms with E-state index in [2.05, 4.69) is 17.8 Å². The summed E-state index contributed by atoms with van der Waals surface area (Å²) in [7, 11) is 0. The van der Waals surface area contributed by atoms with Crippen LogP contribution in [0.25, 0.3) is 11.0 Å². The Labute approximate surface area is 85.7 Å². The van der Waals surface area contributed by atoms with Crippen LogP contribution in [0.5, 0.6) is 0 Å². The molecule has 0 radical (unpaired) electrons. The molecule has 11 heavy (non-hydrogen) atoms. The predicted octanol–water partition coefficient (Wildman–Crippen LogP) is 1.73. The number of fused-ring (bicyclic) bond motifs is 1. The third kappa shape index (κ3) is 1.51. The van der Waals surface area contributed by atoms with Crippen LogP contribution in [0.2, 0.25) is 0 Å². The summed E-state index contributed by atoms with van der Waals surface area (Å²) in [6.07, 6.45) is 1.69. The summed E-state index contributed by atoms with van der Waals surface area (Å²) >= 11 is 4.16. The summed E-state index contributed by atoms with van der Waals surface area (Å²) in [5.41, 5.74) is 2.03. The molecule has 60 valence electrons. The monoisotopic (exact) mass is 347 g/mol. The Hall–Kier alpha value is -0.220. The van der Waals surface area contributed by atoms with Crippen LogP contribution in [0.15, 0.2) is 30.6 Å². The van der Waals surface area contributed by atoms with Gasteiger partial charge in [-0.05, 0) is 12.1 Å². The molecule has 0 fully saturated rings. The van der Waals surface area contributed by atoms with Crippen molar-refractivity contribution in [2.75, 3.05) is 0 Å². The molecule has 0 saturated heterocycles. The molecule has 1 aromatic heterocycles. The van der Waals surface area contributed by atoms with Gasteiger partial charge in [0.25, 0.3) is 0 Å². The van der Waals surface area contributed by atoms with E-state index in [-0.39, 0.29) is 22.4 Å². The number of rotatable bonds is 0. The molecule has 0 aliphatic heterocycles. The molecule has 0 aliphatic rings. The van der Waals surface area contributed by atoms with Crippen LogP contribution in [0, 0.1) is 0 Å². The van der Waals surface area contributed by atoms with Gasteiger partial charge in [0.2, 0.25) is 0 Å². The molecule has 0 saturated carbocycles. The van der Waals surface area contributed by atoms with Gasteiger partial charge in [-0.15, -0.1) is 0 Å². The molecule has 2 aromatic rings. The van der Waals surface area contributed by atoms with Crippen LogP contribution in [0.4, 0.5) is 0 Å². The Bertz CT molecular complexity index is 358. The maximum atomic E-state index is 4.16. The Morgan fingerprint density at radius 1 is 1.27 bits per heavy atom. The smallest absolute Gasteiger partial charge is 0.275 e. The first kappa shape index (κ1) is 8.87. The fourth-order valence-corrected chi connectivity index (χ4v) is 1.17. The number of imidazole rings is 1. The van der Waals surface area contributed by atoms with E-state index >= 15 is 0 Å². The van der Waals surface area contributed by atoms with Crippen molar-refractivity contribution < 1.29 is 22.4 Å². The van der Waals surface area contributed by atoms with Crippen molar-refractivity contribution in [2.45, 2.75) is 0 Å². The number of para-hydroxylation sites is 2. The van der Waals surface area contributed by atoms with Gasteiger partial charge in [-0.1, -0.05) is 24.9 Å². The van der Waals surface area contributed by atoms with Crippen molar-refractivity contribution >= 4 is 23.8 Å². The number of thiol groups is 1. The standard InChI is InChI=1S/C7H6N2S.Au/c10-9-5-8-6-3-1-2-4-7(6)9;/h1-5,10H;/q;+1. The molecule has 0 N–H and O–H groups in total. The van der Waals surface area contributed by atoms with E-state index in [0.29, 0.717) is 0 Å². The second kappa shape index (κ2) is 3.45. The number of benzene rings is 1. The molecule has 2 nitrogen and oxygen atoms in total. The van der Waals surface area contributed by atoms with Gasteiger partial charge in [0.15, 0.2) is 0 Å². The fraction of sp³-hybridized carbons (Fsp3) is 0. The van der Waals surface area contributed by atoms with Gasteiger partial charge in [0.1, 0.15) is 6.33 Å². The van der Waals surface area contributed by atoms with E-state index in [4.69, 9.17) is 0 Å². The number of hydrogen-bond acceptors (Lipinski definition) is 2. The van der Waals surface area contributed by atoms with Gasteiger partial charge in [-0.3, -0.25) is 3.97 Å². The van der Waals surface area contributed by atoms with Crippen molar-refractivity contribution in [3.63, 3.8) is 0 Å². The average molecular weight is 347 g/mol. The Balaban J connectivity index is 0.000000605. The maximum absolute atomic E-state index is 4.16. The predicted molar refractivity (Wildman–Crippen MR) is 44.1 cm³/mol. The van der Waals surface area contributed by atoms with Crippen LogP contribution in [0.3, 0.4) is 0 Å². The minimum absolute atomic E-state index is 0. The van der Waals surface area contributed by atoms with Gasteiger partial charge in [-0.25, -0.2) is 4.98 Å². The molecule has 0 spiro atoms. The van der Waals surface area contributed by atoms with Crippen LogP contribution >= 0.6 is 12.8 Å². The van der Waals surface area contributed by atoms with Crippen molar-refractivity contribution in [1.82, 2.24) is 8.96 Å². The quantitative estimate of drug-likeness (QED) is 0.568. The van der Waals surface area contributed by atoms with E-state index in [9.17, 15) is 0 Å². The van der Waals surface area contributed by atoms with Crippen LogP contribution < -0.4 is 0 Å². The maximum Gasteiger partial charge on any atom is 1.00 e. The molecule has 0 bridgehead atoms. The summed E-state index contributed by atoms with van der Waals surface area (Å²) in [5.74, 6) is 0. The summed E-state index contributed by atoms with van der Waals surface area (Å²) in [6.45, 7) is 0. The molecule has 0 atom stereocenters. The molecule has 0 unspecified atom stereocenters. The molecule has 4 heteroatoms. The van der Waals surface area contributed by atoms with Gasteiger partial charge < -0.3 is 0 Å². The first-order valence-electron chi connectivity index (χ1n) is 2.99. The first-order valence-corrected chi connectivity index (χ1v) is 3.39. The minimum atomic E-state index is 0. The van der Waals surface area contributed by atoms with Crippen LogP contribution in [-0.2, 0) is 22.4 Å². The Kier molecular flexibility index (Phi) is 2.78. The van der Waals surface area contributed by atoms with E-state index in [0.717, 1.165) is 11.0 Å². The van der Waals surface area contributed by atoms with Gasteiger partial charge in [-0.2, -0.15) is 0 Å².